The molecule has 0 bridgehead atoms. The molecule has 0 aliphatic carbocycles. The predicted molar refractivity (Wildman–Crippen MR) is 88.6 cm³/mol. The van der Waals surface area contributed by atoms with Crippen molar-refractivity contribution in [1.82, 2.24) is 10.2 Å². The lowest BCUT2D eigenvalue weighted by atomic mass is 10.1. The first-order chi connectivity index (χ1) is 11.2. The van der Waals surface area contributed by atoms with E-state index in [1.54, 1.807) is 4.90 Å². The smallest absolute Gasteiger partial charge is 0.410 e. The molecule has 1 fully saturated rings. The Hall–Kier alpha value is -1.69. The standard InChI is InChI=1S/C18H26F2N2O2/c1-18(2,3)24-17(23)22-9-4-5-15(8-10-22)21-12-13-6-7-14(19)11-16(13)20/h6-7,11,15,21H,4-5,8-10,12H2,1-3H3. The zero-order valence-corrected chi connectivity index (χ0v) is 14.6. The zero-order chi connectivity index (χ0) is 17.7. The number of carbonyl (C=O) groups is 1. The van der Waals surface area contributed by atoms with Gasteiger partial charge in [-0.25, -0.2) is 13.6 Å². The molecule has 0 aromatic heterocycles. The molecule has 0 spiro atoms. The normalized spacial score (nSPS) is 19.0. The topological polar surface area (TPSA) is 41.6 Å². The maximum Gasteiger partial charge on any atom is 0.410 e. The van der Waals surface area contributed by atoms with Gasteiger partial charge in [0.1, 0.15) is 17.2 Å². The van der Waals surface area contributed by atoms with E-state index in [1.807, 2.05) is 20.8 Å². The first-order valence-corrected chi connectivity index (χ1v) is 8.40. The molecule has 4 nitrogen and oxygen atoms in total. The summed E-state index contributed by atoms with van der Waals surface area (Å²) in [6, 6.07) is 3.81. The molecule has 1 aromatic carbocycles. The second-order valence-electron chi connectivity index (χ2n) is 7.21. The number of hydrogen-bond donors (Lipinski definition) is 1. The van der Waals surface area contributed by atoms with Crippen molar-refractivity contribution in [3.05, 3.63) is 35.4 Å². The molecule has 134 valence electrons. The van der Waals surface area contributed by atoms with Gasteiger partial charge >= 0.3 is 6.09 Å². The van der Waals surface area contributed by atoms with Gasteiger partial charge in [0, 0.05) is 37.3 Å². The molecule has 1 atom stereocenters. The van der Waals surface area contributed by atoms with Crippen LogP contribution in [0.1, 0.15) is 45.6 Å². The summed E-state index contributed by atoms with van der Waals surface area (Å²) < 4.78 is 32.0. The Balaban J connectivity index is 1.83. The van der Waals surface area contributed by atoms with Gasteiger partial charge in [0.05, 0.1) is 0 Å². The number of rotatable bonds is 3. The summed E-state index contributed by atoms with van der Waals surface area (Å²) in [7, 11) is 0. The van der Waals surface area contributed by atoms with Gasteiger partial charge in [0.2, 0.25) is 0 Å². The Morgan fingerprint density at radius 1 is 1.29 bits per heavy atom. The van der Waals surface area contributed by atoms with Crippen LogP contribution < -0.4 is 5.32 Å². The third-order valence-corrected chi connectivity index (χ3v) is 3.98. The van der Waals surface area contributed by atoms with E-state index in [0.717, 1.165) is 25.3 Å². The summed E-state index contributed by atoms with van der Waals surface area (Å²) in [6.07, 6.45) is 2.26. The molecule has 1 N–H and O–H groups in total. The molecule has 1 heterocycles. The number of hydrogen-bond acceptors (Lipinski definition) is 3. The van der Waals surface area contributed by atoms with Crippen LogP contribution in [0, 0.1) is 11.6 Å². The highest BCUT2D eigenvalue weighted by molar-refractivity contribution is 5.68. The van der Waals surface area contributed by atoms with Crippen LogP contribution in [-0.4, -0.2) is 35.7 Å². The summed E-state index contributed by atoms with van der Waals surface area (Å²) in [6.45, 7) is 7.18. The van der Waals surface area contributed by atoms with Gasteiger partial charge in [-0.2, -0.15) is 0 Å². The van der Waals surface area contributed by atoms with E-state index < -0.39 is 17.2 Å². The van der Waals surface area contributed by atoms with Gasteiger partial charge in [-0.3, -0.25) is 0 Å². The minimum absolute atomic E-state index is 0.196. The highest BCUT2D eigenvalue weighted by Crippen LogP contribution is 2.16. The van der Waals surface area contributed by atoms with E-state index in [2.05, 4.69) is 5.32 Å². The van der Waals surface area contributed by atoms with E-state index >= 15 is 0 Å². The molecular weight excluding hydrogens is 314 g/mol. The number of benzene rings is 1. The van der Waals surface area contributed by atoms with Crippen LogP contribution in [0.3, 0.4) is 0 Å². The van der Waals surface area contributed by atoms with Gasteiger partial charge in [-0.15, -0.1) is 0 Å². The third kappa shape index (κ3) is 5.74. The maximum absolute atomic E-state index is 13.7. The Kier molecular flexibility index (Phi) is 6.15. The fourth-order valence-electron chi connectivity index (χ4n) is 2.73. The van der Waals surface area contributed by atoms with Crippen LogP contribution in [0.2, 0.25) is 0 Å². The van der Waals surface area contributed by atoms with Crippen molar-refractivity contribution in [2.45, 2.75) is 58.2 Å². The van der Waals surface area contributed by atoms with E-state index in [4.69, 9.17) is 4.74 Å². The van der Waals surface area contributed by atoms with E-state index in [1.165, 1.54) is 12.1 Å². The van der Waals surface area contributed by atoms with Crippen molar-refractivity contribution in [2.75, 3.05) is 13.1 Å². The molecule has 24 heavy (non-hydrogen) atoms. The Morgan fingerprint density at radius 2 is 2.04 bits per heavy atom. The van der Waals surface area contributed by atoms with Crippen LogP contribution in [0.15, 0.2) is 18.2 Å². The first kappa shape index (κ1) is 18.6. The number of halogens is 2. The Morgan fingerprint density at radius 3 is 2.71 bits per heavy atom. The highest BCUT2D eigenvalue weighted by Gasteiger charge is 2.25. The maximum atomic E-state index is 13.7. The number of ether oxygens (including phenoxy) is 1. The number of carbonyl (C=O) groups excluding carboxylic acids is 1. The molecule has 1 aliphatic rings. The Bertz CT molecular complexity index is 573. The molecule has 1 unspecified atom stereocenters. The van der Waals surface area contributed by atoms with Crippen molar-refractivity contribution >= 4 is 6.09 Å². The lowest BCUT2D eigenvalue weighted by Gasteiger charge is -2.26. The molecule has 2 rings (SSSR count). The summed E-state index contributed by atoms with van der Waals surface area (Å²) in [5.74, 6) is -1.11. The Labute approximate surface area is 142 Å². The fraction of sp³-hybridized carbons (Fsp3) is 0.611. The average Bonchev–Trinajstić information content (AvgIpc) is 2.70. The summed E-state index contributed by atoms with van der Waals surface area (Å²) >= 11 is 0. The molecule has 0 radical (unpaired) electrons. The number of nitrogens with zero attached hydrogens (tertiary/aromatic N) is 1. The minimum atomic E-state index is -0.571. The van der Waals surface area contributed by atoms with Crippen LogP contribution in [0.5, 0.6) is 0 Å². The number of nitrogens with one attached hydrogen (secondary N) is 1. The van der Waals surface area contributed by atoms with Gasteiger partial charge in [0.25, 0.3) is 0 Å². The fourth-order valence-corrected chi connectivity index (χ4v) is 2.73. The third-order valence-electron chi connectivity index (χ3n) is 3.98. The lowest BCUT2D eigenvalue weighted by molar-refractivity contribution is 0.0256. The van der Waals surface area contributed by atoms with E-state index in [-0.39, 0.29) is 12.1 Å². The molecule has 1 saturated heterocycles. The largest absolute Gasteiger partial charge is 0.444 e. The van der Waals surface area contributed by atoms with E-state index in [0.29, 0.717) is 25.2 Å². The van der Waals surface area contributed by atoms with Crippen molar-refractivity contribution in [3.63, 3.8) is 0 Å². The summed E-state index contributed by atoms with van der Waals surface area (Å²) in [5.41, 5.74) is -0.0501. The van der Waals surface area contributed by atoms with Crippen molar-refractivity contribution < 1.29 is 18.3 Å². The van der Waals surface area contributed by atoms with Gasteiger partial charge in [-0.05, 0) is 46.1 Å². The second-order valence-corrected chi connectivity index (χ2v) is 7.21. The molecule has 1 aliphatic heterocycles. The van der Waals surface area contributed by atoms with Gasteiger partial charge < -0.3 is 15.0 Å². The van der Waals surface area contributed by atoms with Crippen molar-refractivity contribution in [1.29, 1.82) is 0 Å². The monoisotopic (exact) mass is 340 g/mol. The van der Waals surface area contributed by atoms with Crippen molar-refractivity contribution in [3.8, 4) is 0 Å². The summed E-state index contributed by atoms with van der Waals surface area (Å²) in [5, 5.41) is 3.30. The van der Waals surface area contributed by atoms with Gasteiger partial charge in [0.15, 0.2) is 0 Å². The first-order valence-electron chi connectivity index (χ1n) is 8.40. The highest BCUT2D eigenvalue weighted by atomic mass is 19.1. The number of amides is 1. The number of likely N-dealkylation sites (tertiary alicyclic amines) is 1. The lowest BCUT2D eigenvalue weighted by Crippen LogP contribution is -2.38. The average molecular weight is 340 g/mol. The summed E-state index contributed by atoms with van der Waals surface area (Å²) in [4.78, 5) is 13.9. The van der Waals surface area contributed by atoms with Crippen molar-refractivity contribution in [2.24, 2.45) is 0 Å². The van der Waals surface area contributed by atoms with Gasteiger partial charge in [-0.1, -0.05) is 6.07 Å². The zero-order valence-electron chi connectivity index (χ0n) is 14.6. The van der Waals surface area contributed by atoms with Crippen LogP contribution >= 0.6 is 0 Å². The SMILES string of the molecule is CC(C)(C)OC(=O)N1CCCC(NCc2ccc(F)cc2F)CC1. The molecule has 1 amide bonds. The van der Waals surface area contributed by atoms with Crippen LogP contribution in [0.4, 0.5) is 13.6 Å². The van der Waals surface area contributed by atoms with Crippen LogP contribution in [-0.2, 0) is 11.3 Å². The van der Waals surface area contributed by atoms with E-state index in [9.17, 15) is 13.6 Å². The molecule has 1 aromatic rings. The van der Waals surface area contributed by atoms with Crippen LogP contribution in [0.25, 0.3) is 0 Å². The second kappa shape index (κ2) is 7.92. The molecule has 0 saturated carbocycles. The molecular formula is C18H26F2N2O2. The quantitative estimate of drug-likeness (QED) is 0.909. The molecule has 6 heteroatoms. The minimum Gasteiger partial charge on any atom is -0.444 e. The predicted octanol–water partition coefficient (Wildman–Crippen LogP) is 3.84.